The van der Waals surface area contributed by atoms with Crippen LogP contribution in [-0.4, -0.2) is 32.0 Å². The van der Waals surface area contributed by atoms with E-state index >= 15 is 0 Å². The van der Waals surface area contributed by atoms with Gasteiger partial charge in [-0.15, -0.1) is 0 Å². The van der Waals surface area contributed by atoms with Crippen LogP contribution in [-0.2, 0) is 16.4 Å². The van der Waals surface area contributed by atoms with Crippen molar-refractivity contribution in [1.29, 1.82) is 0 Å². The molecule has 0 radical (unpaired) electrons. The minimum atomic E-state index is -3.72. The van der Waals surface area contributed by atoms with E-state index in [0.717, 1.165) is 16.6 Å². The molecule has 2 heterocycles. The minimum absolute atomic E-state index is 0.0260. The number of aromatic nitrogens is 2. The van der Waals surface area contributed by atoms with Crippen molar-refractivity contribution in [3.63, 3.8) is 0 Å². The largest absolute Gasteiger partial charge is 0.495 e. The average Bonchev–Trinajstić information content (AvgIpc) is 2.98. The number of nitrogens with zero attached hydrogens (tertiary/aromatic N) is 1. The predicted molar refractivity (Wildman–Crippen MR) is 93.0 cm³/mol. The maximum atomic E-state index is 12.5. The fourth-order valence-corrected chi connectivity index (χ4v) is 3.94. The van der Waals surface area contributed by atoms with Crippen molar-refractivity contribution in [2.75, 3.05) is 13.7 Å². The van der Waals surface area contributed by atoms with Gasteiger partial charge in [0.15, 0.2) is 0 Å². The third-order valence-corrected chi connectivity index (χ3v) is 5.36. The fraction of sp³-hybridized carbons (Fsp3) is 0.188. The molecule has 0 fully saturated rings. The van der Waals surface area contributed by atoms with Crippen LogP contribution in [0.15, 0.2) is 47.6 Å². The average molecular weight is 366 g/mol. The topological polar surface area (TPSA) is 84.1 Å². The van der Waals surface area contributed by atoms with Gasteiger partial charge in [0.05, 0.1) is 7.11 Å². The summed E-state index contributed by atoms with van der Waals surface area (Å²) in [6, 6.07) is 8.28. The van der Waals surface area contributed by atoms with E-state index in [1.165, 1.54) is 19.2 Å². The summed E-state index contributed by atoms with van der Waals surface area (Å²) in [4.78, 5) is 7.31. The number of nitrogens with one attached hydrogen (secondary N) is 2. The number of halogens is 1. The molecule has 6 nitrogen and oxygen atoms in total. The van der Waals surface area contributed by atoms with Gasteiger partial charge in [-0.1, -0.05) is 11.6 Å². The predicted octanol–water partition coefficient (Wildman–Crippen LogP) is 2.75. The molecule has 3 rings (SSSR count). The van der Waals surface area contributed by atoms with E-state index in [0.29, 0.717) is 11.4 Å². The first kappa shape index (κ1) is 16.8. The number of benzene rings is 1. The third kappa shape index (κ3) is 3.38. The van der Waals surface area contributed by atoms with Crippen LogP contribution in [0.2, 0.25) is 5.02 Å². The number of pyridine rings is 1. The number of hydrogen-bond acceptors (Lipinski definition) is 4. The van der Waals surface area contributed by atoms with E-state index in [4.69, 9.17) is 16.3 Å². The molecule has 2 aromatic heterocycles. The van der Waals surface area contributed by atoms with E-state index in [9.17, 15) is 8.42 Å². The first-order chi connectivity index (χ1) is 11.5. The van der Waals surface area contributed by atoms with Gasteiger partial charge in [0.25, 0.3) is 0 Å². The summed E-state index contributed by atoms with van der Waals surface area (Å²) >= 11 is 5.90. The molecule has 0 saturated carbocycles. The second kappa shape index (κ2) is 6.80. The van der Waals surface area contributed by atoms with Gasteiger partial charge in [0.2, 0.25) is 10.0 Å². The monoisotopic (exact) mass is 365 g/mol. The fourth-order valence-electron chi connectivity index (χ4n) is 2.48. The molecule has 3 aromatic rings. The van der Waals surface area contributed by atoms with Crippen molar-refractivity contribution in [3.05, 3.63) is 53.3 Å². The maximum Gasteiger partial charge on any atom is 0.244 e. The normalized spacial score (nSPS) is 11.8. The summed E-state index contributed by atoms with van der Waals surface area (Å²) < 4.78 is 32.7. The second-order valence-corrected chi connectivity index (χ2v) is 7.33. The highest BCUT2D eigenvalue weighted by Gasteiger charge is 2.19. The van der Waals surface area contributed by atoms with Gasteiger partial charge >= 0.3 is 0 Å². The molecule has 8 heteroatoms. The zero-order valence-corrected chi connectivity index (χ0v) is 14.5. The van der Waals surface area contributed by atoms with Gasteiger partial charge in [-0.25, -0.2) is 18.1 Å². The smallest absolute Gasteiger partial charge is 0.244 e. The number of H-pyrrole nitrogens is 1. The van der Waals surface area contributed by atoms with Crippen molar-refractivity contribution < 1.29 is 13.2 Å². The lowest BCUT2D eigenvalue weighted by atomic mass is 10.2. The van der Waals surface area contributed by atoms with Gasteiger partial charge in [-0.2, -0.15) is 0 Å². The molecule has 0 aliphatic carbocycles. The summed E-state index contributed by atoms with van der Waals surface area (Å²) in [5.41, 5.74) is 1.78. The molecule has 0 aliphatic rings. The number of sulfonamides is 1. The molecular formula is C16H16ClN3O3S. The van der Waals surface area contributed by atoms with Crippen LogP contribution in [0.1, 0.15) is 5.56 Å². The second-order valence-electron chi connectivity index (χ2n) is 5.16. The van der Waals surface area contributed by atoms with Crippen LogP contribution >= 0.6 is 11.6 Å². The zero-order chi connectivity index (χ0) is 17.2. The Morgan fingerprint density at radius 2 is 2.17 bits per heavy atom. The summed E-state index contributed by atoms with van der Waals surface area (Å²) in [6.07, 6.45) is 4.08. The van der Waals surface area contributed by atoms with Crippen LogP contribution in [0.4, 0.5) is 0 Å². The highest BCUT2D eigenvalue weighted by molar-refractivity contribution is 7.89. The van der Waals surface area contributed by atoms with Crippen LogP contribution in [0, 0.1) is 0 Å². The van der Waals surface area contributed by atoms with Crippen molar-refractivity contribution in [1.82, 2.24) is 14.7 Å². The molecule has 0 amide bonds. The van der Waals surface area contributed by atoms with Gasteiger partial charge < -0.3 is 9.72 Å². The Morgan fingerprint density at radius 1 is 1.33 bits per heavy atom. The number of fused-ring (bicyclic) bond motifs is 1. The van der Waals surface area contributed by atoms with Crippen LogP contribution in [0.25, 0.3) is 11.0 Å². The molecule has 24 heavy (non-hydrogen) atoms. The Morgan fingerprint density at radius 3 is 2.96 bits per heavy atom. The van der Waals surface area contributed by atoms with Crippen molar-refractivity contribution in [2.24, 2.45) is 0 Å². The van der Waals surface area contributed by atoms with E-state index in [1.54, 1.807) is 12.3 Å². The number of hydrogen-bond donors (Lipinski definition) is 2. The maximum absolute atomic E-state index is 12.5. The standard InChI is InChI=1S/C16H16ClN3O3S/c1-23-14-5-4-12(17)9-15(14)24(21,22)20-8-6-11-10-19-16-13(11)3-2-7-18-16/h2-5,7,9-10,20H,6,8H2,1H3,(H,18,19). The Balaban J connectivity index is 1.75. The lowest BCUT2D eigenvalue weighted by Crippen LogP contribution is -2.26. The molecule has 0 unspecified atom stereocenters. The van der Waals surface area contributed by atoms with E-state index in [1.807, 2.05) is 18.3 Å². The lowest BCUT2D eigenvalue weighted by Gasteiger charge is -2.11. The minimum Gasteiger partial charge on any atom is -0.495 e. The molecule has 126 valence electrons. The van der Waals surface area contributed by atoms with Gasteiger partial charge in [0, 0.05) is 29.3 Å². The van der Waals surface area contributed by atoms with Gasteiger partial charge in [-0.3, -0.25) is 0 Å². The summed E-state index contributed by atoms with van der Waals surface area (Å²) in [5, 5.41) is 1.32. The van der Waals surface area contributed by atoms with Crippen LogP contribution in [0.5, 0.6) is 5.75 Å². The third-order valence-electron chi connectivity index (χ3n) is 3.64. The van der Waals surface area contributed by atoms with Gasteiger partial charge in [0.1, 0.15) is 16.3 Å². The van der Waals surface area contributed by atoms with Crippen LogP contribution < -0.4 is 9.46 Å². The summed E-state index contributed by atoms with van der Waals surface area (Å²) in [7, 11) is -2.30. The quantitative estimate of drug-likeness (QED) is 0.703. The summed E-state index contributed by atoms with van der Waals surface area (Å²) in [5.74, 6) is 0.253. The van der Waals surface area contributed by atoms with Crippen molar-refractivity contribution >= 4 is 32.7 Å². The zero-order valence-electron chi connectivity index (χ0n) is 12.9. The molecule has 0 bridgehead atoms. The van der Waals surface area contributed by atoms with E-state index < -0.39 is 10.0 Å². The van der Waals surface area contributed by atoms with Crippen molar-refractivity contribution in [2.45, 2.75) is 11.3 Å². The molecule has 0 spiro atoms. The SMILES string of the molecule is COc1ccc(Cl)cc1S(=O)(=O)NCCc1c[nH]c2ncccc12. The lowest BCUT2D eigenvalue weighted by molar-refractivity contribution is 0.402. The molecule has 1 aromatic carbocycles. The molecule has 2 N–H and O–H groups in total. The number of aromatic amines is 1. The molecule has 0 aliphatic heterocycles. The van der Waals surface area contributed by atoms with Gasteiger partial charge in [-0.05, 0) is 42.3 Å². The Kier molecular flexibility index (Phi) is 4.75. The molecule has 0 saturated heterocycles. The van der Waals surface area contributed by atoms with E-state index in [2.05, 4.69) is 14.7 Å². The van der Waals surface area contributed by atoms with Crippen LogP contribution in [0.3, 0.4) is 0 Å². The number of ether oxygens (including phenoxy) is 1. The number of rotatable bonds is 6. The highest BCUT2D eigenvalue weighted by Crippen LogP contribution is 2.26. The Bertz CT molecular complexity index is 970. The number of methoxy groups -OCH3 is 1. The molecular weight excluding hydrogens is 350 g/mol. The Labute approximate surface area is 144 Å². The molecule has 0 atom stereocenters. The highest BCUT2D eigenvalue weighted by atomic mass is 35.5. The Hall–Kier alpha value is -2.09. The first-order valence-corrected chi connectivity index (χ1v) is 9.11. The van der Waals surface area contributed by atoms with Crippen molar-refractivity contribution in [3.8, 4) is 5.75 Å². The van der Waals surface area contributed by atoms with E-state index in [-0.39, 0.29) is 17.2 Å². The summed E-state index contributed by atoms with van der Waals surface area (Å²) in [6.45, 7) is 0.250. The first-order valence-electron chi connectivity index (χ1n) is 7.25.